The first-order chi connectivity index (χ1) is 15.5. The van der Waals surface area contributed by atoms with Gasteiger partial charge in [0.05, 0.1) is 17.4 Å². The van der Waals surface area contributed by atoms with Crippen LogP contribution in [0.1, 0.15) is 28.9 Å². The number of amides is 1. The lowest BCUT2D eigenvalue weighted by atomic mass is 9.97. The van der Waals surface area contributed by atoms with Gasteiger partial charge in [-0.2, -0.15) is 10.2 Å². The third kappa shape index (κ3) is 4.86. The summed E-state index contributed by atoms with van der Waals surface area (Å²) in [5.74, 6) is 6.20. The monoisotopic (exact) mass is 431 g/mol. The molecule has 0 spiro atoms. The van der Waals surface area contributed by atoms with Gasteiger partial charge in [-0.3, -0.25) is 14.9 Å². The van der Waals surface area contributed by atoms with Crippen LogP contribution in [-0.4, -0.2) is 71.6 Å². The van der Waals surface area contributed by atoms with E-state index in [4.69, 9.17) is 5.84 Å². The maximum Gasteiger partial charge on any atom is 0.253 e. The lowest BCUT2D eigenvalue weighted by molar-refractivity contribution is 0.0655. The number of nitrogens with two attached hydrogens (primary N) is 1. The number of rotatable bonds is 6. The predicted octanol–water partition coefficient (Wildman–Crippen LogP) is 3.04. The summed E-state index contributed by atoms with van der Waals surface area (Å²) >= 11 is 0. The summed E-state index contributed by atoms with van der Waals surface area (Å²) in [6.07, 6.45) is 3.82. The number of piperidine rings is 1. The third-order valence-electron chi connectivity index (χ3n) is 5.73. The maximum absolute atomic E-state index is 13.0. The van der Waals surface area contributed by atoms with Crippen LogP contribution in [0.15, 0.2) is 58.6 Å². The summed E-state index contributed by atoms with van der Waals surface area (Å²) in [5, 5.41) is 12.1. The zero-order valence-electron chi connectivity index (χ0n) is 18.5. The molecule has 1 amide bonds. The number of carbonyl (C=O) groups is 1. The highest BCUT2D eigenvalue weighted by Crippen LogP contribution is 2.21. The summed E-state index contributed by atoms with van der Waals surface area (Å²) in [4.78, 5) is 21.6. The molecule has 8 heteroatoms. The molecule has 0 aliphatic carbocycles. The molecule has 0 radical (unpaired) electrons. The number of nitrogens with zero attached hydrogens (tertiary/aromatic N) is 5. The van der Waals surface area contributed by atoms with Crippen LogP contribution < -0.4 is 5.84 Å². The molecule has 1 saturated heterocycles. The van der Waals surface area contributed by atoms with E-state index in [2.05, 4.69) is 39.3 Å². The number of likely N-dealkylation sites (tertiary alicyclic amines) is 1. The molecule has 1 atom stereocenters. The first kappa shape index (κ1) is 21.7. The average Bonchev–Trinajstić information content (AvgIpc) is 3.23. The van der Waals surface area contributed by atoms with E-state index in [-0.39, 0.29) is 5.91 Å². The second-order valence-electron chi connectivity index (χ2n) is 8.46. The highest BCUT2D eigenvalue weighted by atomic mass is 16.2. The standard InChI is InChI=1S/C24H29N7O/c1-30(2)15-17-6-5-13-31(16-17)24(32)18-9-11-19(12-10-18)26-14-22(27-25)23-20-7-3-4-8-21(20)28-29-23/h3-4,7-12,14,17H,5-6,13,15-16,25H2,1-2H3,(H,28,29). The Labute approximate surface area is 187 Å². The van der Waals surface area contributed by atoms with Gasteiger partial charge in [-0.25, -0.2) is 0 Å². The molecule has 3 N–H and O–H groups in total. The van der Waals surface area contributed by atoms with Gasteiger partial charge in [0.2, 0.25) is 0 Å². The van der Waals surface area contributed by atoms with E-state index in [1.807, 2.05) is 53.4 Å². The van der Waals surface area contributed by atoms with Crippen LogP contribution in [0.25, 0.3) is 10.9 Å². The minimum Gasteiger partial charge on any atom is -0.338 e. The number of hydrogen-bond acceptors (Lipinski definition) is 6. The van der Waals surface area contributed by atoms with Crippen LogP contribution in [0, 0.1) is 5.92 Å². The molecule has 0 bridgehead atoms. The summed E-state index contributed by atoms with van der Waals surface area (Å²) in [5.41, 5.74) is 3.43. The van der Waals surface area contributed by atoms with Crippen molar-refractivity contribution in [1.82, 2.24) is 20.0 Å². The number of hydrazone groups is 1. The van der Waals surface area contributed by atoms with E-state index in [0.29, 0.717) is 28.6 Å². The van der Waals surface area contributed by atoms with E-state index in [9.17, 15) is 4.79 Å². The number of carbonyl (C=O) groups excluding carboxylic acids is 1. The molecule has 1 aliphatic heterocycles. The van der Waals surface area contributed by atoms with Gasteiger partial charge in [-0.05, 0) is 63.2 Å². The summed E-state index contributed by atoms with van der Waals surface area (Å²) in [6, 6.07) is 15.1. The smallest absolute Gasteiger partial charge is 0.253 e. The van der Waals surface area contributed by atoms with Gasteiger partial charge in [0, 0.05) is 30.6 Å². The molecular formula is C24H29N7O. The van der Waals surface area contributed by atoms with Gasteiger partial charge in [-0.15, -0.1) is 0 Å². The zero-order valence-corrected chi connectivity index (χ0v) is 18.5. The van der Waals surface area contributed by atoms with Gasteiger partial charge < -0.3 is 15.6 Å². The molecule has 2 aromatic carbocycles. The highest BCUT2D eigenvalue weighted by molar-refractivity contribution is 6.40. The first-order valence-corrected chi connectivity index (χ1v) is 10.8. The van der Waals surface area contributed by atoms with Crippen molar-refractivity contribution >= 4 is 34.4 Å². The van der Waals surface area contributed by atoms with Crippen LogP contribution in [0.2, 0.25) is 0 Å². The molecule has 1 fully saturated rings. The van der Waals surface area contributed by atoms with Crippen LogP contribution in [0.5, 0.6) is 0 Å². The number of para-hydroxylation sites is 1. The van der Waals surface area contributed by atoms with Crippen LogP contribution >= 0.6 is 0 Å². The fraction of sp³-hybridized carbons (Fsp3) is 0.333. The second kappa shape index (κ2) is 9.74. The van der Waals surface area contributed by atoms with Gasteiger partial charge in [0.1, 0.15) is 11.4 Å². The number of hydrogen-bond donors (Lipinski definition) is 2. The Morgan fingerprint density at radius 1 is 1.25 bits per heavy atom. The SMILES string of the molecule is CN(C)CC1CCCN(C(=O)c2ccc(N=CC(=NN)c3n[nH]c4ccccc34)cc2)C1. The summed E-state index contributed by atoms with van der Waals surface area (Å²) in [7, 11) is 4.16. The van der Waals surface area contributed by atoms with Crippen molar-refractivity contribution in [2.75, 3.05) is 33.7 Å². The van der Waals surface area contributed by atoms with Crippen molar-refractivity contribution in [1.29, 1.82) is 0 Å². The Bertz CT molecular complexity index is 1130. The molecule has 8 nitrogen and oxygen atoms in total. The van der Waals surface area contributed by atoms with E-state index < -0.39 is 0 Å². The van der Waals surface area contributed by atoms with Crippen LogP contribution in [0.4, 0.5) is 5.69 Å². The third-order valence-corrected chi connectivity index (χ3v) is 5.73. The quantitative estimate of drug-likeness (QED) is 0.356. The van der Waals surface area contributed by atoms with Crippen molar-refractivity contribution in [3.63, 3.8) is 0 Å². The fourth-order valence-corrected chi connectivity index (χ4v) is 4.24. The van der Waals surface area contributed by atoms with E-state index >= 15 is 0 Å². The van der Waals surface area contributed by atoms with Gasteiger partial charge >= 0.3 is 0 Å². The van der Waals surface area contributed by atoms with Crippen molar-refractivity contribution in [3.8, 4) is 0 Å². The second-order valence-corrected chi connectivity index (χ2v) is 8.46. The minimum absolute atomic E-state index is 0.0798. The van der Waals surface area contributed by atoms with Gasteiger partial charge in [0.25, 0.3) is 5.91 Å². The fourth-order valence-electron chi connectivity index (χ4n) is 4.24. The summed E-state index contributed by atoms with van der Waals surface area (Å²) < 4.78 is 0. The first-order valence-electron chi connectivity index (χ1n) is 10.8. The Kier molecular flexibility index (Phi) is 6.61. The van der Waals surface area contributed by atoms with Crippen molar-refractivity contribution in [2.45, 2.75) is 12.8 Å². The largest absolute Gasteiger partial charge is 0.338 e. The topological polar surface area (TPSA) is 103 Å². The number of aromatic nitrogens is 2. The number of fused-ring (bicyclic) bond motifs is 1. The van der Waals surface area contributed by atoms with Crippen LogP contribution in [0.3, 0.4) is 0 Å². The van der Waals surface area contributed by atoms with Crippen molar-refractivity contribution < 1.29 is 4.79 Å². The predicted molar refractivity (Wildman–Crippen MR) is 129 cm³/mol. The Morgan fingerprint density at radius 2 is 2.03 bits per heavy atom. The minimum atomic E-state index is 0.0798. The normalized spacial score (nSPS) is 17.5. The van der Waals surface area contributed by atoms with Gasteiger partial charge in [-0.1, -0.05) is 18.2 Å². The molecule has 1 aromatic heterocycles. The lowest BCUT2D eigenvalue weighted by Gasteiger charge is -2.34. The number of aromatic amines is 1. The molecule has 1 unspecified atom stereocenters. The van der Waals surface area contributed by atoms with Crippen LogP contribution in [-0.2, 0) is 0 Å². The Morgan fingerprint density at radius 3 is 2.78 bits per heavy atom. The Hall–Kier alpha value is -3.52. The average molecular weight is 432 g/mol. The lowest BCUT2D eigenvalue weighted by Crippen LogP contribution is -2.42. The molecule has 0 saturated carbocycles. The molecule has 2 heterocycles. The molecule has 4 rings (SSSR count). The molecule has 166 valence electrons. The van der Waals surface area contributed by atoms with Gasteiger partial charge in [0.15, 0.2) is 0 Å². The van der Waals surface area contributed by atoms with Crippen molar-refractivity contribution in [2.24, 2.45) is 21.9 Å². The van der Waals surface area contributed by atoms with E-state index in [1.54, 1.807) is 6.21 Å². The number of benzene rings is 2. The number of aliphatic imine (C=N–C) groups is 1. The maximum atomic E-state index is 13.0. The van der Waals surface area contributed by atoms with E-state index in [1.165, 1.54) is 6.42 Å². The molecule has 1 aliphatic rings. The Balaban J connectivity index is 1.44. The van der Waals surface area contributed by atoms with Crippen molar-refractivity contribution in [3.05, 3.63) is 59.8 Å². The number of H-pyrrole nitrogens is 1. The molecule has 3 aromatic rings. The summed E-state index contributed by atoms with van der Waals surface area (Å²) in [6.45, 7) is 2.63. The molecule has 32 heavy (non-hydrogen) atoms. The molecular weight excluding hydrogens is 402 g/mol. The van der Waals surface area contributed by atoms with E-state index in [0.717, 1.165) is 37.0 Å². The zero-order chi connectivity index (χ0) is 22.5. The highest BCUT2D eigenvalue weighted by Gasteiger charge is 2.24. The number of nitrogens with one attached hydrogen (secondary N) is 1.